The Labute approximate surface area is 70.3 Å². The Morgan fingerprint density at radius 1 is 1.60 bits per heavy atom. The quantitative estimate of drug-likeness (QED) is 0.643. The molecule has 10 heavy (non-hydrogen) atoms. The van der Waals surface area contributed by atoms with Crippen LogP contribution in [0, 0.1) is 11.8 Å². The first-order valence-electron chi connectivity index (χ1n) is 3.65. The third-order valence-corrected chi connectivity index (χ3v) is 2.87. The summed E-state index contributed by atoms with van der Waals surface area (Å²) < 4.78 is 1.14. The minimum atomic E-state index is -0.158. The number of aliphatic hydroxyl groups excluding tert-OH is 1. The van der Waals surface area contributed by atoms with Crippen molar-refractivity contribution in [2.24, 2.45) is 11.8 Å². The van der Waals surface area contributed by atoms with Crippen LogP contribution in [0.1, 0.15) is 20.3 Å². The molecule has 0 spiro atoms. The van der Waals surface area contributed by atoms with Gasteiger partial charge in [-0.25, -0.2) is 0 Å². The van der Waals surface area contributed by atoms with Gasteiger partial charge >= 0.3 is 0 Å². The van der Waals surface area contributed by atoms with Crippen LogP contribution in [-0.4, -0.2) is 11.2 Å². The lowest BCUT2D eigenvalue weighted by atomic mass is 9.84. The summed E-state index contributed by atoms with van der Waals surface area (Å²) in [7, 11) is 0. The maximum absolute atomic E-state index is 9.45. The number of rotatable bonds is 0. The van der Waals surface area contributed by atoms with E-state index in [0.717, 1.165) is 10.9 Å². The lowest BCUT2D eigenvalue weighted by molar-refractivity contribution is 0.0931. The largest absolute Gasteiger partial charge is 0.392 e. The van der Waals surface area contributed by atoms with Crippen LogP contribution >= 0.6 is 15.9 Å². The number of allylic oxidation sites excluding steroid dienone is 1. The van der Waals surface area contributed by atoms with Crippen LogP contribution in [-0.2, 0) is 0 Å². The van der Waals surface area contributed by atoms with Gasteiger partial charge in [0, 0.05) is 6.42 Å². The maximum Gasteiger partial charge on any atom is 0.0616 e. The second-order valence-electron chi connectivity index (χ2n) is 3.10. The van der Waals surface area contributed by atoms with Crippen LogP contribution in [0.15, 0.2) is 10.6 Å². The second kappa shape index (κ2) is 3.05. The van der Waals surface area contributed by atoms with Crippen LogP contribution in [0.3, 0.4) is 0 Å². The minimum absolute atomic E-state index is 0.158. The van der Waals surface area contributed by atoms with Crippen molar-refractivity contribution in [3.05, 3.63) is 10.6 Å². The summed E-state index contributed by atoms with van der Waals surface area (Å²) in [6.45, 7) is 4.22. The van der Waals surface area contributed by atoms with Crippen molar-refractivity contribution in [2.75, 3.05) is 0 Å². The first kappa shape index (κ1) is 8.28. The number of hydrogen-bond donors (Lipinski definition) is 1. The molecule has 2 unspecified atom stereocenters. The fraction of sp³-hybridized carbons (Fsp3) is 0.750. The molecule has 0 aromatic carbocycles. The molecule has 1 nitrogen and oxygen atoms in total. The van der Waals surface area contributed by atoms with E-state index in [0.29, 0.717) is 11.8 Å². The molecule has 0 aromatic heterocycles. The Hall–Kier alpha value is 0.180. The molecule has 1 rings (SSSR count). The van der Waals surface area contributed by atoms with Gasteiger partial charge < -0.3 is 5.11 Å². The molecule has 0 heterocycles. The molecule has 0 radical (unpaired) electrons. The van der Waals surface area contributed by atoms with E-state index in [1.54, 1.807) is 0 Å². The predicted octanol–water partition coefficient (Wildman–Crippen LogP) is 2.30. The summed E-state index contributed by atoms with van der Waals surface area (Å²) in [6.07, 6.45) is 2.80. The molecule has 1 N–H and O–H groups in total. The van der Waals surface area contributed by atoms with E-state index >= 15 is 0 Å². The van der Waals surface area contributed by atoms with Gasteiger partial charge in [0.1, 0.15) is 0 Å². The summed E-state index contributed by atoms with van der Waals surface area (Å²) in [4.78, 5) is 0. The van der Waals surface area contributed by atoms with Gasteiger partial charge in [-0.1, -0.05) is 35.9 Å². The van der Waals surface area contributed by atoms with Crippen LogP contribution in [0.25, 0.3) is 0 Å². The van der Waals surface area contributed by atoms with Crippen LogP contribution < -0.4 is 0 Å². The summed E-state index contributed by atoms with van der Waals surface area (Å²) in [6, 6.07) is 0. The summed E-state index contributed by atoms with van der Waals surface area (Å²) in [5, 5.41) is 9.45. The number of aliphatic hydroxyl groups is 1. The zero-order valence-corrected chi connectivity index (χ0v) is 7.93. The van der Waals surface area contributed by atoms with Gasteiger partial charge in [-0.05, 0) is 16.3 Å². The monoisotopic (exact) mass is 204 g/mol. The van der Waals surface area contributed by atoms with Gasteiger partial charge in [0.2, 0.25) is 0 Å². The fourth-order valence-corrected chi connectivity index (χ4v) is 1.99. The van der Waals surface area contributed by atoms with Gasteiger partial charge in [-0.3, -0.25) is 0 Å². The van der Waals surface area contributed by atoms with E-state index in [1.165, 1.54) is 0 Å². The van der Waals surface area contributed by atoms with Crippen molar-refractivity contribution in [1.82, 2.24) is 0 Å². The van der Waals surface area contributed by atoms with E-state index in [-0.39, 0.29) is 6.10 Å². The predicted molar refractivity (Wildman–Crippen MR) is 46.0 cm³/mol. The van der Waals surface area contributed by atoms with Gasteiger partial charge in [-0.15, -0.1) is 0 Å². The molecule has 0 aliphatic heterocycles. The SMILES string of the molecule is CC1C=C(Br)C[C@@H](O)C1C. The average Bonchev–Trinajstić information content (AvgIpc) is 1.82. The molecule has 0 saturated carbocycles. The molecule has 2 heteroatoms. The third kappa shape index (κ3) is 1.61. The summed E-state index contributed by atoms with van der Waals surface area (Å²) in [5.41, 5.74) is 0. The number of hydrogen-bond acceptors (Lipinski definition) is 1. The molecule has 1 aliphatic carbocycles. The average molecular weight is 205 g/mol. The highest BCUT2D eigenvalue weighted by molar-refractivity contribution is 9.11. The van der Waals surface area contributed by atoms with Crippen LogP contribution in [0.2, 0.25) is 0 Å². The maximum atomic E-state index is 9.45. The molecular formula is C8H13BrO. The van der Waals surface area contributed by atoms with Crippen LogP contribution in [0.4, 0.5) is 0 Å². The summed E-state index contributed by atoms with van der Waals surface area (Å²) in [5.74, 6) is 0.902. The molecule has 3 atom stereocenters. The molecule has 0 bridgehead atoms. The zero-order valence-electron chi connectivity index (χ0n) is 6.34. The zero-order chi connectivity index (χ0) is 7.72. The van der Waals surface area contributed by atoms with Crippen molar-refractivity contribution in [3.63, 3.8) is 0 Å². The standard InChI is InChI=1S/C8H13BrO/c1-5-3-7(9)4-8(10)6(5)2/h3,5-6,8,10H,4H2,1-2H3/t5?,6?,8-/m1/s1. The van der Waals surface area contributed by atoms with Crippen molar-refractivity contribution in [3.8, 4) is 0 Å². The highest BCUT2D eigenvalue weighted by Crippen LogP contribution is 2.30. The highest BCUT2D eigenvalue weighted by Gasteiger charge is 2.24. The van der Waals surface area contributed by atoms with Crippen molar-refractivity contribution in [2.45, 2.75) is 26.4 Å². The Morgan fingerprint density at radius 3 is 2.70 bits per heavy atom. The van der Waals surface area contributed by atoms with Crippen molar-refractivity contribution >= 4 is 15.9 Å². The Bertz CT molecular complexity index is 153. The molecule has 58 valence electrons. The number of halogens is 1. The minimum Gasteiger partial charge on any atom is -0.392 e. The van der Waals surface area contributed by atoms with E-state index in [1.807, 2.05) is 0 Å². The second-order valence-corrected chi connectivity index (χ2v) is 4.12. The first-order chi connectivity index (χ1) is 4.61. The van der Waals surface area contributed by atoms with Gasteiger partial charge in [0.25, 0.3) is 0 Å². The van der Waals surface area contributed by atoms with Gasteiger partial charge in [0.05, 0.1) is 6.10 Å². The molecule has 0 amide bonds. The molecule has 0 aromatic rings. The topological polar surface area (TPSA) is 20.2 Å². The summed E-state index contributed by atoms with van der Waals surface area (Å²) >= 11 is 3.40. The molecule has 1 aliphatic rings. The molecular weight excluding hydrogens is 192 g/mol. The molecule has 0 saturated heterocycles. The van der Waals surface area contributed by atoms with E-state index < -0.39 is 0 Å². The lowest BCUT2D eigenvalue weighted by Gasteiger charge is -2.27. The third-order valence-electron chi connectivity index (χ3n) is 2.28. The smallest absolute Gasteiger partial charge is 0.0616 e. The fourth-order valence-electron chi connectivity index (χ4n) is 1.24. The highest BCUT2D eigenvalue weighted by atomic mass is 79.9. The first-order valence-corrected chi connectivity index (χ1v) is 4.45. The van der Waals surface area contributed by atoms with E-state index in [4.69, 9.17) is 0 Å². The Balaban J connectivity index is 2.69. The Morgan fingerprint density at radius 2 is 2.20 bits per heavy atom. The van der Waals surface area contributed by atoms with E-state index in [9.17, 15) is 5.11 Å². The normalized spacial score (nSPS) is 41.2. The van der Waals surface area contributed by atoms with Crippen molar-refractivity contribution in [1.29, 1.82) is 0 Å². The lowest BCUT2D eigenvalue weighted by Crippen LogP contribution is -2.26. The van der Waals surface area contributed by atoms with E-state index in [2.05, 4.69) is 35.9 Å². The van der Waals surface area contributed by atoms with Crippen LogP contribution in [0.5, 0.6) is 0 Å². The molecule has 0 fully saturated rings. The van der Waals surface area contributed by atoms with Crippen molar-refractivity contribution < 1.29 is 5.11 Å². The Kier molecular flexibility index (Phi) is 2.53. The van der Waals surface area contributed by atoms with Gasteiger partial charge in [0.15, 0.2) is 0 Å². The van der Waals surface area contributed by atoms with Gasteiger partial charge in [-0.2, -0.15) is 0 Å².